The van der Waals surface area contributed by atoms with Gasteiger partial charge in [-0.3, -0.25) is 14.9 Å². The third-order valence-corrected chi connectivity index (χ3v) is 6.48. The molecule has 2 fully saturated rings. The smallest absolute Gasteiger partial charge is 0.410 e. The van der Waals surface area contributed by atoms with Crippen LogP contribution >= 0.6 is 23.4 Å². The molecule has 1 N–H and O–H groups in total. The van der Waals surface area contributed by atoms with Crippen molar-refractivity contribution in [1.29, 1.82) is 0 Å². The lowest BCUT2D eigenvalue weighted by atomic mass is 9.91. The maximum Gasteiger partial charge on any atom is 0.410 e. The highest BCUT2D eigenvalue weighted by atomic mass is 35.5. The maximum atomic E-state index is 12.6. The summed E-state index contributed by atoms with van der Waals surface area (Å²) in [5, 5.41) is 2.44. The number of hydrogen-bond acceptors (Lipinski definition) is 6. The molecule has 2 atom stereocenters. The Morgan fingerprint density at radius 2 is 2.06 bits per heavy atom. The summed E-state index contributed by atoms with van der Waals surface area (Å²) in [6.45, 7) is 9.01. The molecule has 0 bridgehead atoms. The van der Waals surface area contributed by atoms with E-state index in [0.717, 1.165) is 36.0 Å². The number of anilines is 1. The molecule has 2 heterocycles. The summed E-state index contributed by atoms with van der Waals surface area (Å²) in [4.78, 5) is 40.3. The Hall–Kier alpha value is -2.19. The van der Waals surface area contributed by atoms with Crippen LogP contribution in [0.5, 0.6) is 0 Å². The van der Waals surface area contributed by atoms with Gasteiger partial charge in [-0.05, 0) is 57.0 Å². The van der Waals surface area contributed by atoms with Gasteiger partial charge < -0.3 is 14.5 Å². The third kappa shape index (κ3) is 5.54. The van der Waals surface area contributed by atoms with E-state index in [4.69, 9.17) is 16.3 Å². The second-order valence-electron chi connectivity index (χ2n) is 8.90. The lowest BCUT2D eigenvalue weighted by Crippen LogP contribution is -2.53. The number of nitrogens with zero attached hydrogens (tertiary/aromatic N) is 2. The van der Waals surface area contributed by atoms with Crippen LogP contribution in [-0.2, 0) is 9.53 Å². The molecule has 9 heteroatoms. The number of likely N-dealkylation sites (N-methyl/N-ethyl adjacent to an activating group) is 1. The van der Waals surface area contributed by atoms with Crippen molar-refractivity contribution in [2.24, 2.45) is 5.92 Å². The molecular weight excluding hydrogens is 438 g/mol. The predicted octanol–water partition coefficient (Wildman–Crippen LogP) is 4.75. The van der Waals surface area contributed by atoms with Crippen molar-refractivity contribution in [3.63, 3.8) is 0 Å². The van der Waals surface area contributed by atoms with Gasteiger partial charge in [-0.25, -0.2) is 4.79 Å². The zero-order valence-electron chi connectivity index (χ0n) is 18.4. The minimum absolute atomic E-state index is 0.0638. The summed E-state index contributed by atoms with van der Waals surface area (Å²) in [5.41, 5.74) is 0.981. The van der Waals surface area contributed by atoms with E-state index in [9.17, 15) is 14.4 Å². The number of carbonyl (C=O) groups excluding carboxylic acids is 3. The van der Waals surface area contributed by atoms with Crippen molar-refractivity contribution in [2.75, 3.05) is 25.0 Å². The molecule has 2 aliphatic rings. The maximum absolute atomic E-state index is 12.6. The minimum atomic E-state index is -0.567. The quantitative estimate of drug-likeness (QED) is 0.649. The Bertz CT molecular complexity index is 928. The Labute approximate surface area is 192 Å². The highest BCUT2D eigenvalue weighted by Gasteiger charge is 2.35. The summed E-state index contributed by atoms with van der Waals surface area (Å²) in [6.07, 6.45) is 2.20. The fourth-order valence-corrected chi connectivity index (χ4v) is 4.74. The van der Waals surface area contributed by atoms with Crippen LogP contribution in [0.1, 0.15) is 39.7 Å². The van der Waals surface area contributed by atoms with E-state index in [1.165, 1.54) is 0 Å². The van der Waals surface area contributed by atoms with E-state index in [0.29, 0.717) is 16.5 Å². The van der Waals surface area contributed by atoms with Gasteiger partial charge in [0.15, 0.2) is 0 Å². The molecule has 1 aromatic rings. The number of carbonyl (C=O) groups is 3. The molecule has 3 rings (SSSR count). The molecule has 0 spiro atoms. The van der Waals surface area contributed by atoms with E-state index in [1.807, 2.05) is 32.9 Å². The molecule has 2 unspecified atom stereocenters. The number of thioether (sulfide) groups is 1. The standard InChI is InChI=1S/C22H28ClN3O4S/c1-13-9-10-26(12-16(13)25(5)21(29)30-22(2,3)4)18-14(7-6-8-15(18)23)11-17-19(27)24-20(28)31-17/h6-8,11,13,16H,9-10,12H2,1-5H3,(H,24,27,28)/b17-11-. The number of ether oxygens (including phenoxy) is 1. The van der Waals surface area contributed by atoms with Crippen molar-refractivity contribution in [3.8, 4) is 0 Å². The summed E-state index contributed by atoms with van der Waals surface area (Å²) < 4.78 is 5.55. The lowest BCUT2D eigenvalue weighted by Gasteiger charge is -2.43. The number of piperidine rings is 1. The van der Waals surface area contributed by atoms with E-state index in [1.54, 1.807) is 24.1 Å². The van der Waals surface area contributed by atoms with Crippen LogP contribution in [0.25, 0.3) is 6.08 Å². The molecule has 3 amide bonds. The molecule has 2 aliphatic heterocycles. The van der Waals surface area contributed by atoms with Crippen molar-refractivity contribution in [3.05, 3.63) is 33.7 Å². The average molecular weight is 466 g/mol. The lowest BCUT2D eigenvalue weighted by molar-refractivity contribution is -0.115. The van der Waals surface area contributed by atoms with Gasteiger partial charge in [0, 0.05) is 25.7 Å². The molecule has 0 saturated carbocycles. The zero-order chi connectivity index (χ0) is 22.9. The number of hydrogen-bond donors (Lipinski definition) is 1. The first-order valence-electron chi connectivity index (χ1n) is 10.2. The van der Waals surface area contributed by atoms with Crippen LogP contribution in [0.3, 0.4) is 0 Å². The van der Waals surface area contributed by atoms with Gasteiger partial charge in [0.25, 0.3) is 11.1 Å². The summed E-state index contributed by atoms with van der Waals surface area (Å²) in [7, 11) is 1.76. The first-order chi connectivity index (χ1) is 14.5. The molecule has 31 heavy (non-hydrogen) atoms. The van der Waals surface area contributed by atoms with Crippen molar-refractivity contribution < 1.29 is 19.1 Å². The molecule has 7 nitrogen and oxygen atoms in total. The first-order valence-corrected chi connectivity index (χ1v) is 11.4. The first kappa shape index (κ1) is 23.5. The predicted molar refractivity (Wildman–Crippen MR) is 124 cm³/mol. The van der Waals surface area contributed by atoms with Crippen molar-refractivity contribution in [1.82, 2.24) is 10.2 Å². The number of para-hydroxylation sites is 1. The number of halogens is 1. The fraction of sp³-hybridized carbons (Fsp3) is 0.500. The molecule has 0 radical (unpaired) electrons. The monoisotopic (exact) mass is 465 g/mol. The number of nitrogens with one attached hydrogen (secondary N) is 1. The van der Waals surface area contributed by atoms with Crippen LogP contribution in [-0.4, -0.2) is 53.9 Å². The SMILES string of the molecule is CC1CCN(c2c(Cl)cccc2/C=C2\SC(=O)NC2=O)CC1N(C)C(=O)OC(C)(C)C. The number of imide groups is 1. The highest BCUT2D eigenvalue weighted by molar-refractivity contribution is 8.18. The Morgan fingerprint density at radius 1 is 1.35 bits per heavy atom. The van der Waals surface area contributed by atoms with Gasteiger partial charge in [0.05, 0.1) is 21.7 Å². The number of amides is 3. The van der Waals surface area contributed by atoms with Crippen molar-refractivity contribution >= 4 is 52.4 Å². The highest BCUT2D eigenvalue weighted by Crippen LogP contribution is 2.37. The van der Waals surface area contributed by atoms with Crippen LogP contribution in [0.2, 0.25) is 5.02 Å². The minimum Gasteiger partial charge on any atom is -0.444 e. The fourth-order valence-electron chi connectivity index (χ4n) is 3.77. The number of benzene rings is 1. The van der Waals surface area contributed by atoms with E-state index >= 15 is 0 Å². The summed E-state index contributed by atoms with van der Waals surface area (Å²) >= 11 is 7.45. The van der Waals surface area contributed by atoms with Gasteiger partial charge in [0.1, 0.15) is 5.60 Å². The summed E-state index contributed by atoms with van der Waals surface area (Å²) in [6, 6.07) is 5.42. The number of rotatable bonds is 3. The van der Waals surface area contributed by atoms with Crippen molar-refractivity contribution in [2.45, 2.75) is 45.8 Å². The normalized spacial score (nSPS) is 23.2. The third-order valence-electron chi connectivity index (χ3n) is 5.36. The Kier molecular flexibility index (Phi) is 6.91. The van der Waals surface area contributed by atoms with E-state index < -0.39 is 11.5 Å². The van der Waals surface area contributed by atoms with E-state index in [2.05, 4.69) is 17.1 Å². The largest absolute Gasteiger partial charge is 0.444 e. The topological polar surface area (TPSA) is 79.0 Å². The average Bonchev–Trinajstić information content (AvgIpc) is 2.97. The van der Waals surface area contributed by atoms with Crippen LogP contribution in [0.4, 0.5) is 15.3 Å². The van der Waals surface area contributed by atoms with Crippen LogP contribution in [0, 0.1) is 5.92 Å². The molecule has 1 aromatic carbocycles. The molecule has 168 valence electrons. The molecule has 2 saturated heterocycles. The van der Waals surface area contributed by atoms with Gasteiger partial charge in [0.2, 0.25) is 0 Å². The van der Waals surface area contributed by atoms with E-state index in [-0.39, 0.29) is 23.3 Å². The second kappa shape index (κ2) is 9.12. The molecule has 0 aromatic heterocycles. The Balaban J connectivity index is 1.88. The molecule has 0 aliphatic carbocycles. The second-order valence-corrected chi connectivity index (χ2v) is 10.3. The van der Waals surface area contributed by atoms with Gasteiger partial charge >= 0.3 is 6.09 Å². The summed E-state index contributed by atoms with van der Waals surface area (Å²) in [5.74, 6) is -0.123. The Morgan fingerprint density at radius 3 is 2.68 bits per heavy atom. The van der Waals surface area contributed by atoms with Crippen LogP contribution < -0.4 is 10.2 Å². The van der Waals surface area contributed by atoms with Crippen LogP contribution in [0.15, 0.2) is 23.1 Å². The van der Waals surface area contributed by atoms with Gasteiger partial charge in [-0.2, -0.15) is 0 Å². The van der Waals surface area contributed by atoms with Gasteiger partial charge in [-0.1, -0.05) is 30.7 Å². The zero-order valence-corrected chi connectivity index (χ0v) is 20.0. The molecular formula is C22H28ClN3O4S. The van der Waals surface area contributed by atoms with Gasteiger partial charge in [-0.15, -0.1) is 0 Å².